The summed E-state index contributed by atoms with van der Waals surface area (Å²) in [4.78, 5) is 4.48. The van der Waals surface area contributed by atoms with Crippen LogP contribution in [0.1, 0.15) is 57.6 Å². The van der Waals surface area contributed by atoms with Crippen molar-refractivity contribution in [1.82, 2.24) is 4.98 Å². The maximum absolute atomic E-state index is 6.82. The largest absolute Gasteiger partial charge is 0.323 e. The van der Waals surface area contributed by atoms with Crippen molar-refractivity contribution in [3.63, 3.8) is 0 Å². The summed E-state index contributed by atoms with van der Waals surface area (Å²) in [5.41, 5.74) is 9.44. The molecule has 2 nitrogen and oxygen atoms in total. The van der Waals surface area contributed by atoms with Gasteiger partial charge in [0.05, 0.1) is 5.52 Å². The number of aromatic nitrogens is 1. The molecule has 1 aromatic heterocycles. The standard InChI is InChI=1S/C19H26N2/c1-14(2)13-19(10-3-4-11-19)18(20)16-7-5-9-17-15(16)8-6-12-21-17/h5-9,12,14,18H,3-4,10-11,13,20H2,1-2H3. The summed E-state index contributed by atoms with van der Waals surface area (Å²) < 4.78 is 0. The van der Waals surface area contributed by atoms with Gasteiger partial charge in [-0.3, -0.25) is 4.98 Å². The first-order chi connectivity index (χ1) is 10.1. The van der Waals surface area contributed by atoms with Crippen LogP contribution in [0.15, 0.2) is 36.5 Å². The molecular formula is C19H26N2. The number of benzene rings is 1. The highest BCUT2D eigenvalue weighted by Gasteiger charge is 2.40. The zero-order valence-electron chi connectivity index (χ0n) is 13.2. The molecule has 2 N–H and O–H groups in total. The fourth-order valence-electron chi connectivity index (χ4n) is 4.26. The van der Waals surface area contributed by atoms with Gasteiger partial charge in [-0.25, -0.2) is 0 Å². The third-order valence-corrected chi connectivity index (χ3v) is 5.09. The molecule has 0 saturated heterocycles. The second kappa shape index (κ2) is 5.76. The van der Waals surface area contributed by atoms with Crippen LogP contribution in [0.3, 0.4) is 0 Å². The number of nitrogens with two attached hydrogens (primary N) is 1. The highest BCUT2D eigenvalue weighted by molar-refractivity contribution is 5.82. The lowest BCUT2D eigenvalue weighted by Gasteiger charge is -2.37. The Hall–Kier alpha value is -1.41. The molecule has 0 amide bonds. The van der Waals surface area contributed by atoms with Crippen molar-refractivity contribution in [2.75, 3.05) is 0 Å². The Bertz CT molecular complexity index is 606. The lowest BCUT2D eigenvalue weighted by molar-refractivity contribution is 0.184. The first-order valence-corrected chi connectivity index (χ1v) is 8.22. The number of pyridine rings is 1. The first-order valence-electron chi connectivity index (χ1n) is 8.22. The van der Waals surface area contributed by atoms with E-state index in [1.54, 1.807) is 0 Å². The van der Waals surface area contributed by atoms with Crippen LogP contribution >= 0.6 is 0 Å². The van der Waals surface area contributed by atoms with Gasteiger partial charge < -0.3 is 5.73 Å². The molecule has 1 aromatic carbocycles. The van der Waals surface area contributed by atoms with Gasteiger partial charge in [0.15, 0.2) is 0 Å². The van der Waals surface area contributed by atoms with Crippen molar-refractivity contribution in [1.29, 1.82) is 0 Å². The topological polar surface area (TPSA) is 38.9 Å². The molecule has 0 aliphatic heterocycles. The minimum absolute atomic E-state index is 0.121. The molecule has 21 heavy (non-hydrogen) atoms. The van der Waals surface area contributed by atoms with Crippen molar-refractivity contribution in [3.05, 3.63) is 42.1 Å². The van der Waals surface area contributed by atoms with E-state index in [0.29, 0.717) is 5.92 Å². The highest BCUT2D eigenvalue weighted by Crippen LogP contribution is 2.51. The Balaban J connectivity index is 2.04. The first kappa shape index (κ1) is 14.5. The highest BCUT2D eigenvalue weighted by atomic mass is 14.7. The molecule has 1 aliphatic rings. The van der Waals surface area contributed by atoms with Gasteiger partial charge in [-0.1, -0.05) is 44.9 Å². The lowest BCUT2D eigenvalue weighted by Crippen LogP contribution is -2.33. The van der Waals surface area contributed by atoms with Crippen molar-refractivity contribution in [2.24, 2.45) is 17.1 Å². The van der Waals surface area contributed by atoms with Gasteiger partial charge in [-0.15, -0.1) is 0 Å². The van der Waals surface area contributed by atoms with Crippen LogP contribution in [0, 0.1) is 11.3 Å². The van der Waals surface area contributed by atoms with E-state index < -0.39 is 0 Å². The van der Waals surface area contributed by atoms with Gasteiger partial charge in [0, 0.05) is 17.6 Å². The monoisotopic (exact) mass is 282 g/mol. The van der Waals surface area contributed by atoms with Gasteiger partial charge in [-0.2, -0.15) is 0 Å². The van der Waals surface area contributed by atoms with E-state index in [0.717, 1.165) is 5.52 Å². The third kappa shape index (κ3) is 2.69. The van der Waals surface area contributed by atoms with Gasteiger partial charge in [0.2, 0.25) is 0 Å². The number of hydrogen-bond acceptors (Lipinski definition) is 2. The lowest BCUT2D eigenvalue weighted by atomic mass is 9.70. The average Bonchev–Trinajstić information content (AvgIpc) is 2.95. The molecule has 2 aromatic rings. The zero-order chi connectivity index (χ0) is 14.9. The minimum atomic E-state index is 0.121. The van der Waals surface area contributed by atoms with Crippen LogP contribution in [0.4, 0.5) is 0 Å². The number of rotatable bonds is 4. The molecule has 0 spiro atoms. The van der Waals surface area contributed by atoms with Crippen LogP contribution in [0.25, 0.3) is 10.9 Å². The van der Waals surface area contributed by atoms with E-state index >= 15 is 0 Å². The minimum Gasteiger partial charge on any atom is -0.323 e. The molecule has 112 valence electrons. The van der Waals surface area contributed by atoms with E-state index in [-0.39, 0.29) is 11.5 Å². The molecule has 3 rings (SSSR count). The summed E-state index contributed by atoms with van der Waals surface area (Å²) in [6, 6.07) is 10.7. The molecule has 2 heteroatoms. The van der Waals surface area contributed by atoms with Crippen LogP contribution in [0.2, 0.25) is 0 Å². The SMILES string of the molecule is CC(C)CC1(C(N)c2cccc3ncccc23)CCCC1. The van der Waals surface area contributed by atoms with E-state index in [1.165, 1.54) is 43.1 Å². The quantitative estimate of drug-likeness (QED) is 0.871. The Labute approximate surface area is 127 Å². The normalized spacial score (nSPS) is 19.2. The molecule has 1 fully saturated rings. The summed E-state index contributed by atoms with van der Waals surface area (Å²) in [5.74, 6) is 0.697. The van der Waals surface area contributed by atoms with Crippen LogP contribution in [-0.4, -0.2) is 4.98 Å². The third-order valence-electron chi connectivity index (χ3n) is 5.09. The average molecular weight is 282 g/mol. The summed E-state index contributed by atoms with van der Waals surface area (Å²) >= 11 is 0. The van der Waals surface area contributed by atoms with Gasteiger partial charge in [-0.05, 0) is 48.3 Å². The molecule has 1 unspecified atom stereocenters. The second-order valence-electron chi connectivity index (χ2n) is 7.06. The Morgan fingerprint density at radius 2 is 1.90 bits per heavy atom. The molecule has 1 aliphatic carbocycles. The van der Waals surface area contributed by atoms with E-state index in [4.69, 9.17) is 5.73 Å². The zero-order valence-corrected chi connectivity index (χ0v) is 13.2. The van der Waals surface area contributed by atoms with Crippen LogP contribution in [-0.2, 0) is 0 Å². The molecule has 1 heterocycles. The fraction of sp³-hybridized carbons (Fsp3) is 0.526. The summed E-state index contributed by atoms with van der Waals surface area (Å²) in [5, 5.41) is 1.22. The molecular weight excluding hydrogens is 256 g/mol. The Morgan fingerprint density at radius 3 is 2.62 bits per heavy atom. The summed E-state index contributed by atoms with van der Waals surface area (Å²) in [6.07, 6.45) is 8.26. The van der Waals surface area contributed by atoms with Crippen molar-refractivity contribution in [3.8, 4) is 0 Å². The van der Waals surface area contributed by atoms with Gasteiger partial charge in [0.25, 0.3) is 0 Å². The molecule has 1 atom stereocenters. The Morgan fingerprint density at radius 1 is 1.14 bits per heavy atom. The van der Waals surface area contributed by atoms with E-state index in [2.05, 4.69) is 43.1 Å². The van der Waals surface area contributed by atoms with Crippen LogP contribution in [0.5, 0.6) is 0 Å². The van der Waals surface area contributed by atoms with Crippen LogP contribution < -0.4 is 5.73 Å². The van der Waals surface area contributed by atoms with E-state index in [9.17, 15) is 0 Å². The predicted molar refractivity (Wildman–Crippen MR) is 89.0 cm³/mol. The predicted octanol–water partition coefficient (Wildman–Crippen LogP) is 4.84. The fourth-order valence-corrected chi connectivity index (χ4v) is 4.26. The number of nitrogens with zero attached hydrogens (tertiary/aromatic N) is 1. The second-order valence-corrected chi connectivity index (χ2v) is 7.06. The maximum Gasteiger partial charge on any atom is 0.0705 e. The van der Waals surface area contributed by atoms with E-state index in [1.807, 2.05) is 12.3 Å². The summed E-state index contributed by atoms with van der Waals surface area (Å²) in [7, 11) is 0. The van der Waals surface area contributed by atoms with Crippen molar-refractivity contribution in [2.45, 2.75) is 52.0 Å². The van der Waals surface area contributed by atoms with Gasteiger partial charge >= 0.3 is 0 Å². The van der Waals surface area contributed by atoms with Crippen molar-refractivity contribution < 1.29 is 0 Å². The number of hydrogen-bond donors (Lipinski definition) is 1. The Kier molecular flexibility index (Phi) is 3.99. The molecule has 0 bridgehead atoms. The molecule has 0 radical (unpaired) electrons. The maximum atomic E-state index is 6.82. The van der Waals surface area contributed by atoms with Gasteiger partial charge in [0.1, 0.15) is 0 Å². The van der Waals surface area contributed by atoms with Crippen molar-refractivity contribution >= 4 is 10.9 Å². The number of fused-ring (bicyclic) bond motifs is 1. The molecule has 1 saturated carbocycles. The summed E-state index contributed by atoms with van der Waals surface area (Å²) in [6.45, 7) is 4.63. The smallest absolute Gasteiger partial charge is 0.0705 e.